The van der Waals surface area contributed by atoms with Gasteiger partial charge in [0.05, 0.1) is 10.9 Å². The summed E-state index contributed by atoms with van der Waals surface area (Å²) in [7, 11) is -4.03. The quantitative estimate of drug-likeness (QED) is 0.503. The van der Waals surface area contributed by atoms with Gasteiger partial charge in [0.25, 0.3) is 0 Å². The molecule has 0 atom stereocenters. The van der Waals surface area contributed by atoms with E-state index in [9.17, 15) is 13.2 Å². The van der Waals surface area contributed by atoms with Gasteiger partial charge in [0.2, 0.25) is 0 Å². The van der Waals surface area contributed by atoms with Crippen LogP contribution in [0.25, 0.3) is 22.1 Å². The Kier molecular flexibility index (Phi) is 4.21. The molecule has 0 aliphatic heterocycles. The van der Waals surface area contributed by atoms with Crippen molar-refractivity contribution in [3.05, 3.63) is 89.5 Å². The molecule has 0 spiro atoms. The minimum atomic E-state index is -4.03. The topological polar surface area (TPSA) is 86.5 Å². The van der Waals surface area contributed by atoms with Gasteiger partial charge in [-0.1, -0.05) is 30.3 Å². The molecule has 0 aliphatic rings. The molecule has 7 heteroatoms. The molecule has 27 heavy (non-hydrogen) atoms. The Hall–Kier alpha value is -3.45. The molecule has 0 N–H and O–H groups in total. The first-order valence-electron chi connectivity index (χ1n) is 8.00. The van der Waals surface area contributed by atoms with Gasteiger partial charge in [0, 0.05) is 18.5 Å². The average Bonchev–Trinajstić information content (AvgIpc) is 2.69. The molecule has 0 aliphatic carbocycles. The smallest absolute Gasteiger partial charge is 0.340 e. The maximum absolute atomic E-state index is 12.7. The van der Waals surface area contributed by atoms with Gasteiger partial charge in [-0.3, -0.25) is 9.78 Å². The van der Waals surface area contributed by atoms with Crippen molar-refractivity contribution in [2.45, 2.75) is 4.90 Å². The second-order valence-corrected chi connectivity index (χ2v) is 7.27. The van der Waals surface area contributed by atoms with E-state index in [4.69, 9.17) is 8.60 Å². The van der Waals surface area contributed by atoms with Crippen LogP contribution in [0, 0.1) is 0 Å². The highest BCUT2D eigenvalue weighted by molar-refractivity contribution is 7.87. The van der Waals surface area contributed by atoms with E-state index in [1.54, 1.807) is 0 Å². The molecule has 4 aromatic rings. The predicted octanol–water partition coefficient (Wildman–Crippen LogP) is 3.62. The van der Waals surface area contributed by atoms with E-state index < -0.39 is 10.1 Å². The van der Waals surface area contributed by atoms with Gasteiger partial charge in [-0.05, 0) is 29.8 Å². The summed E-state index contributed by atoms with van der Waals surface area (Å²) in [5.41, 5.74) is 1.20. The summed E-state index contributed by atoms with van der Waals surface area (Å²) in [5, 5.41) is 0.336. The summed E-state index contributed by atoms with van der Waals surface area (Å²) < 4.78 is 35.3. The fourth-order valence-electron chi connectivity index (χ4n) is 2.65. The van der Waals surface area contributed by atoms with Crippen LogP contribution in [0.3, 0.4) is 0 Å². The third kappa shape index (κ3) is 3.32. The maximum atomic E-state index is 12.7. The summed E-state index contributed by atoms with van der Waals surface area (Å²) in [4.78, 5) is 16.4. The van der Waals surface area contributed by atoms with Crippen molar-refractivity contribution in [1.29, 1.82) is 0 Å². The number of hydrogen-bond acceptors (Lipinski definition) is 6. The first-order valence-corrected chi connectivity index (χ1v) is 9.41. The minimum absolute atomic E-state index is 0.0435. The van der Waals surface area contributed by atoms with Crippen molar-refractivity contribution in [2.75, 3.05) is 0 Å². The van der Waals surface area contributed by atoms with Crippen LogP contribution in [0.1, 0.15) is 0 Å². The van der Waals surface area contributed by atoms with Crippen LogP contribution in [0.2, 0.25) is 0 Å². The molecular weight excluding hydrogens is 366 g/mol. The molecule has 0 fully saturated rings. The Bertz CT molecular complexity index is 1270. The average molecular weight is 379 g/mol. The SMILES string of the molecule is O=c1c(-c2ccccc2)coc2cc(OS(=O)(=O)c3cccnc3)ccc12. The lowest BCUT2D eigenvalue weighted by atomic mass is 10.1. The highest BCUT2D eigenvalue weighted by Crippen LogP contribution is 2.25. The van der Waals surface area contributed by atoms with E-state index in [0.29, 0.717) is 10.9 Å². The number of benzene rings is 2. The first kappa shape index (κ1) is 17.0. The van der Waals surface area contributed by atoms with Gasteiger partial charge >= 0.3 is 10.1 Å². The summed E-state index contributed by atoms with van der Waals surface area (Å²) >= 11 is 0. The molecule has 0 amide bonds. The fourth-order valence-corrected chi connectivity index (χ4v) is 3.54. The largest absolute Gasteiger partial charge is 0.463 e. The Morgan fingerprint density at radius 3 is 2.52 bits per heavy atom. The van der Waals surface area contributed by atoms with E-state index >= 15 is 0 Å². The molecular formula is C20H13NO5S. The van der Waals surface area contributed by atoms with Crippen LogP contribution in [0.4, 0.5) is 0 Å². The number of pyridine rings is 1. The highest BCUT2D eigenvalue weighted by Gasteiger charge is 2.18. The fraction of sp³-hybridized carbons (Fsp3) is 0. The summed E-state index contributed by atoms with van der Waals surface area (Å²) in [6, 6.07) is 16.3. The zero-order chi connectivity index (χ0) is 18.9. The Balaban J connectivity index is 1.73. The van der Waals surface area contributed by atoms with Gasteiger partial charge in [0.15, 0.2) is 5.43 Å². The molecule has 6 nitrogen and oxygen atoms in total. The molecule has 0 radical (unpaired) electrons. The lowest BCUT2D eigenvalue weighted by molar-refractivity contribution is 0.485. The highest BCUT2D eigenvalue weighted by atomic mass is 32.2. The molecule has 2 heterocycles. The molecule has 0 unspecified atom stereocenters. The summed E-state index contributed by atoms with van der Waals surface area (Å²) in [6.07, 6.45) is 4.02. The predicted molar refractivity (Wildman–Crippen MR) is 100.0 cm³/mol. The van der Waals surface area contributed by atoms with Crippen molar-refractivity contribution >= 4 is 21.1 Å². The number of hydrogen-bond donors (Lipinski definition) is 0. The molecule has 134 valence electrons. The van der Waals surface area contributed by atoms with Crippen molar-refractivity contribution in [1.82, 2.24) is 4.98 Å². The minimum Gasteiger partial charge on any atom is -0.463 e. The van der Waals surface area contributed by atoms with Crippen LogP contribution >= 0.6 is 0 Å². The Labute approximate surface area is 154 Å². The normalized spacial score (nSPS) is 11.4. The van der Waals surface area contributed by atoms with Gasteiger partial charge in [-0.25, -0.2) is 0 Å². The molecule has 0 bridgehead atoms. The third-order valence-electron chi connectivity index (χ3n) is 3.96. The monoisotopic (exact) mass is 379 g/mol. The van der Waals surface area contributed by atoms with E-state index in [-0.39, 0.29) is 21.7 Å². The Morgan fingerprint density at radius 1 is 0.963 bits per heavy atom. The van der Waals surface area contributed by atoms with Crippen molar-refractivity contribution in [2.24, 2.45) is 0 Å². The number of aromatic nitrogens is 1. The molecule has 2 aromatic carbocycles. The van der Waals surface area contributed by atoms with Gasteiger partial charge in [-0.15, -0.1) is 0 Å². The summed E-state index contributed by atoms with van der Waals surface area (Å²) in [5.74, 6) is 0.0435. The van der Waals surface area contributed by atoms with Crippen LogP contribution in [0.5, 0.6) is 5.75 Å². The molecule has 0 saturated carbocycles. The lowest BCUT2D eigenvalue weighted by Crippen LogP contribution is -2.10. The second-order valence-electron chi connectivity index (χ2n) is 5.73. The van der Waals surface area contributed by atoms with Gasteiger partial charge < -0.3 is 8.60 Å². The van der Waals surface area contributed by atoms with E-state index in [0.717, 1.165) is 5.56 Å². The molecule has 2 aromatic heterocycles. The number of fused-ring (bicyclic) bond motifs is 1. The van der Waals surface area contributed by atoms with Crippen LogP contribution in [0.15, 0.2) is 93.4 Å². The van der Waals surface area contributed by atoms with Crippen molar-refractivity contribution < 1.29 is 17.0 Å². The van der Waals surface area contributed by atoms with E-state index in [1.165, 1.54) is 49.0 Å². The maximum Gasteiger partial charge on any atom is 0.340 e. The summed E-state index contributed by atoms with van der Waals surface area (Å²) in [6.45, 7) is 0. The molecule has 4 rings (SSSR count). The standard InChI is InChI=1S/C20H13NO5S/c22-20-17-9-8-15(26-27(23,24)16-7-4-10-21-12-16)11-19(17)25-13-18(20)14-5-2-1-3-6-14/h1-13H. The third-order valence-corrected chi connectivity index (χ3v) is 5.19. The van der Waals surface area contributed by atoms with Gasteiger partial charge in [0.1, 0.15) is 22.5 Å². The molecule has 0 saturated heterocycles. The Morgan fingerprint density at radius 2 is 1.78 bits per heavy atom. The van der Waals surface area contributed by atoms with Crippen molar-refractivity contribution in [3.63, 3.8) is 0 Å². The van der Waals surface area contributed by atoms with E-state index in [1.807, 2.05) is 30.3 Å². The van der Waals surface area contributed by atoms with E-state index in [2.05, 4.69) is 4.98 Å². The van der Waals surface area contributed by atoms with Crippen LogP contribution in [-0.2, 0) is 10.1 Å². The zero-order valence-corrected chi connectivity index (χ0v) is 14.7. The lowest BCUT2D eigenvalue weighted by Gasteiger charge is -2.08. The van der Waals surface area contributed by atoms with Crippen LogP contribution < -0.4 is 9.61 Å². The van der Waals surface area contributed by atoms with Crippen molar-refractivity contribution in [3.8, 4) is 16.9 Å². The van der Waals surface area contributed by atoms with Crippen LogP contribution in [-0.4, -0.2) is 13.4 Å². The number of nitrogens with zero attached hydrogens (tertiary/aromatic N) is 1. The number of rotatable bonds is 4. The second kappa shape index (κ2) is 6.69. The first-order chi connectivity index (χ1) is 13.0. The zero-order valence-electron chi connectivity index (χ0n) is 13.9. The van der Waals surface area contributed by atoms with Gasteiger partial charge in [-0.2, -0.15) is 8.42 Å².